The molecule has 0 spiro atoms. The number of benzene rings is 1. The van der Waals surface area contributed by atoms with Crippen molar-refractivity contribution in [2.45, 2.75) is 19.4 Å². The maximum atomic E-state index is 12.8. The molecule has 0 saturated carbocycles. The number of carbonyl (C=O) groups excluding carboxylic acids is 1. The van der Waals surface area contributed by atoms with Gasteiger partial charge >= 0.3 is 0 Å². The number of hydrogen-bond acceptors (Lipinski definition) is 4. The lowest BCUT2D eigenvalue weighted by molar-refractivity contribution is 0.0673. The Balaban J connectivity index is 1.60. The molecule has 0 radical (unpaired) electrons. The summed E-state index contributed by atoms with van der Waals surface area (Å²) in [5.74, 6) is -0.0588. The van der Waals surface area contributed by atoms with Gasteiger partial charge in [-0.2, -0.15) is 9.90 Å². The zero-order chi connectivity index (χ0) is 15.8. The molecule has 6 heteroatoms. The molecule has 23 heavy (non-hydrogen) atoms. The molecule has 1 amide bonds. The van der Waals surface area contributed by atoms with E-state index < -0.39 is 0 Å². The standard InChI is InChI=1S/C17H16N4OS/c1-12-14-8-10-23-16(14)7-9-20(12)17(22)15-11-18-21(19-15)13-5-3-2-4-6-13/h2-6,8,10-12H,7,9H2,1H3. The zero-order valence-electron chi connectivity index (χ0n) is 12.7. The minimum absolute atomic E-state index is 0.0588. The SMILES string of the molecule is CC1c2ccsc2CCN1C(=O)c1cnn(-c2ccccc2)n1. The van der Waals surface area contributed by atoms with Crippen LogP contribution in [0.15, 0.2) is 48.0 Å². The molecule has 4 rings (SSSR count). The number of para-hydroxylation sites is 1. The summed E-state index contributed by atoms with van der Waals surface area (Å²) in [7, 11) is 0. The first kappa shape index (κ1) is 14.1. The number of fused-ring (bicyclic) bond motifs is 1. The van der Waals surface area contributed by atoms with Crippen LogP contribution in [0.25, 0.3) is 5.69 Å². The lowest BCUT2D eigenvalue weighted by atomic mass is 10.0. The molecule has 3 heterocycles. The molecule has 0 fully saturated rings. The summed E-state index contributed by atoms with van der Waals surface area (Å²) in [5.41, 5.74) is 2.49. The van der Waals surface area contributed by atoms with Crippen molar-refractivity contribution in [1.82, 2.24) is 19.9 Å². The Morgan fingerprint density at radius 1 is 1.26 bits per heavy atom. The van der Waals surface area contributed by atoms with Gasteiger partial charge in [-0.25, -0.2) is 0 Å². The van der Waals surface area contributed by atoms with E-state index >= 15 is 0 Å². The quantitative estimate of drug-likeness (QED) is 0.728. The lowest BCUT2D eigenvalue weighted by Gasteiger charge is -2.33. The zero-order valence-corrected chi connectivity index (χ0v) is 13.5. The number of nitrogens with zero attached hydrogens (tertiary/aromatic N) is 4. The summed E-state index contributed by atoms with van der Waals surface area (Å²) in [6.07, 6.45) is 2.46. The first-order chi connectivity index (χ1) is 11.2. The molecule has 0 aliphatic carbocycles. The average Bonchev–Trinajstić information content (AvgIpc) is 3.25. The third kappa shape index (κ3) is 2.45. The van der Waals surface area contributed by atoms with Gasteiger partial charge in [-0.15, -0.1) is 16.4 Å². The van der Waals surface area contributed by atoms with Crippen LogP contribution in [0.5, 0.6) is 0 Å². The van der Waals surface area contributed by atoms with Crippen LogP contribution in [0.4, 0.5) is 0 Å². The number of aromatic nitrogens is 3. The first-order valence-electron chi connectivity index (χ1n) is 7.59. The fourth-order valence-corrected chi connectivity index (χ4v) is 3.94. The third-order valence-corrected chi connectivity index (χ3v) is 5.23. The van der Waals surface area contributed by atoms with Crippen LogP contribution in [-0.4, -0.2) is 32.3 Å². The number of hydrogen-bond donors (Lipinski definition) is 0. The summed E-state index contributed by atoms with van der Waals surface area (Å²) in [6.45, 7) is 2.80. The Morgan fingerprint density at radius 3 is 2.91 bits per heavy atom. The third-order valence-electron chi connectivity index (χ3n) is 4.24. The van der Waals surface area contributed by atoms with E-state index in [1.165, 1.54) is 15.2 Å². The van der Waals surface area contributed by atoms with E-state index in [-0.39, 0.29) is 11.9 Å². The van der Waals surface area contributed by atoms with Crippen molar-refractivity contribution >= 4 is 17.2 Å². The van der Waals surface area contributed by atoms with E-state index in [1.54, 1.807) is 17.5 Å². The molecule has 5 nitrogen and oxygen atoms in total. The fourth-order valence-electron chi connectivity index (χ4n) is 2.98. The van der Waals surface area contributed by atoms with Crippen LogP contribution in [0.2, 0.25) is 0 Å². The first-order valence-corrected chi connectivity index (χ1v) is 8.47. The Labute approximate surface area is 138 Å². The molecule has 0 N–H and O–H groups in total. The molecule has 116 valence electrons. The lowest BCUT2D eigenvalue weighted by Crippen LogP contribution is -2.38. The predicted octanol–water partition coefficient (Wildman–Crippen LogP) is 3.09. The van der Waals surface area contributed by atoms with Gasteiger partial charge in [0.1, 0.15) is 0 Å². The van der Waals surface area contributed by atoms with Crippen molar-refractivity contribution in [3.63, 3.8) is 0 Å². The molecule has 1 aromatic carbocycles. The second-order valence-corrected chi connectivity index (χ2v) is 6.58. The highest BCUT2D eigenvalue weighted by molar-refractivity contribution is 7.10. The predicted molar refractivity (Wildman–Crippen MR) is 88.8 cm³/mol. The van der Waals surface area contributed by atoms with E-state index in [0.29, 0.717) is 5.69 Å². The van der Waals surface area contributed by atoms with Crippen LogP contribution in [0.1, 0.15) is 33.9 Å². The van der Waals surface area contributed by atoms with Crippen molar-refractivity contribution in [3.05, 3.63) is 64.1 Å². The summed E-state index contributed by atoms with van der Waals surface area (Å²) >= 11 is 1.77. The van der Waals surface area contributed by atoms with Crippen molar-refractivity contribution in [2.24, 2.45) is 0 Å². The van der Waals surface area contributed by atoms with Gasteiger partial charge < -0.3 is 4.90 Å². The van der Waals surface area contributed by atoms with Gasteiger partial charge in [0.15, 0.2) is 5.69 Å². The molecule has 1 aliphatic heterocycles. The van der Waals surface area contributed by atoms with Crippen molar-refractivity contribution < 1.29 is 4.79 Å². The van der Waals surface area contributed by atoms with Crippen molar-refractivity contribution in [1.29, 1.82) is 0 Å². The van der Waals surface area contributed by atoms with Crippen LogP contribution < -0.4 is 0 Å². The minimum Gasteiger partial charge on any atom is -0.330 e. The molecule has 1 aliphatic rings. The Bertz CT molecular complexity index is 839. The second kappa shape index (κ2) is 5.62. The number of rotatable bonds is 2. The molecule has 3 aromatic rings. The monoisotopic (exact) mass is 324 g/mol. The van der Waals surface area contributed by atoms with Crippen molar-refractivity contribution in [3.8, 4) is 5.69 Å². The molecular weight excluding hydrogens is 308 g/mol. The van der Waals surface area contributed by atoms with Crippen LogP contribution in [0, 0.1) is 0 Å². The Kier molecular flexibility index (Phi) is 3.46. The second-order valence-electron chi connectivity index (χ2n) is 5.58. The highest BCUT2D eigenvalue weighted by Gasteiger charge is 2.30. The van der Waals surface area contributed by atoms with Crippen LogP contribution in [-0.2, 0) is 6.42 Å². The molecule has 1 atom stereocenters. The fraction of sp³-hybridized carbons (Fsp3) is 0.235. The summed E-state index contributed by atoms with van der Waals surface area (Å²) in [5, 5.41) is 10.7. The van der Waals surface area contributed by atoms with E-state index in [1.807, 2.05) is 35.2 Å². The van der Waals surface area contributed by atoms with Gasteiger partial charge in [0.25, 0.3) is 5.91 Å². The Morgan fingerprint density at radius 2 is 2.09 bits per heavy atom. The van der Waals surface area contributed by atoms with Gasteiger partial charge in [-0.05, 0) is 42.5 Å². The van der Waals surface area contributed by atoms with Gasteiger partial charge in [0.05, 0.1) is 17.9 Å². The molecule has 1 unspecified atom stereocenters. The topological polar surface area (TPSA) is 51.0 Å². The number of carbonyl (C=O) groups is 1. The van der Waals surface area contributed by atoms with Crippen LogP contribution in [0.3, 0.4) is 0 Å². The van der Waals surface area contributed by atoms with E-state index in [4.69, 9.17) is 0 Å². The van der Waals surface area contributed by atoms with Crippen molar-refractivity contribution in [2.75, 3.05) is 6.54 Å². The highest BCUT2D eigenvalue weighted by atomic mass is 32.1. The molecule has 0 bridgehead atoms. The maximum Gasteiger partial charge on any atom is 0.276 e. The molecule has 2 aromatic heterocycles. The summed E-state index contributed by atoms with van der Waals surface area (Å²) in [4.78, 5) is 17.6. The average molecular weight is 324 g/mol. The summed E-state index contributed by atoms with van der Waals surface area (Å²) < 4.78 is 0. The smallest absolute Gasteiger partial charge is 0.276 e. The van der Waals surface area contributed by atoms with Gasteiger partial charge in [-0.1, -0.05) is 18.2 Å². The van der Waals surface area contributed by atoms with E-state index in [0.717, 1.165) is 18.7 Å². The largest absolute Gasteiger partial charge is 0.330 e. The van der Waals surface area contributed by atoms with Gasteiger partial charge in [0.2, 0.25) is 0 Å². The van der Waals surface area contributed by atoms with Gasteiger partial charge in [-0.3, -0.25) is 4.79 Å². The molecular formula is C17H16N4OS. The van der Waals surface area contributed by atoms with Gasteiger partial charge in [0, 0.05) is 11.4 Å². The number of thiophene rings is 1. The summed E-state index contributed by atoms with van der Waals surface area (Å²) in [6, 6.07) is 11.8. The van der Waals surface area contributed by atoms with E-state index in [2.05, 4.69) is 28.6 Å². The normalized spacial score (nSPS) is 17.1. The minimum atomic E-state index is -0.0588. The Hall–Kier alpha value is -2.47. The van der Waals surface area contributed by atoms with E-state index in [9.17, 15) is 4.79 Å². The van der Waals surface area contributed by atoms with Crippen LogP contribution >= 0.6 is 11.3 Å². The maximum absolute atomic E-state index is 12.8. The number of amides is 1. The highest BCUT2D eigenvalue weighted by Crippen LogP contribution is 2.33. The molecule has 0 saturated heterocycles.